The number of nitrogens with zero attached hydrogens (tertiary/aromatic N) is 3. The first-order chi connectivity index (χ1) is 15.9. The zero-order chi connectivity index (χ0) is 23.4. The van der Waals surface area contributed by atoms with Gasteiger partial charge in [0.2, 0.25) is 0 Å². The van der Waals surface area contributed by atoms with E-state index in [4.69, 9.17) is 23.2 Å². The van der Waals surface area contributed by atoms with E-state index in [1.165, 1.54) is 5.56 Å². The van der Waals surface area contributed by atoms with Gasteiger partial charge in [-0.05, 0) is 61.4 Å². The maximum atomic E-state index is 12.8. The number of rotatable bonds is 7. The molecule has 0 bridgehead atoms. The molecule has 0 radical (unpaired) electrons. The second-order valence-corrected chi connectivity index (χ2v) is 9.40. The van der Waals surface area contributed by atoms with E-state index < -0.39 is 6.04 Å². The Morgan fingerprint density at radius 1 is 1.00 bits per heavy atom. The number of nitrogens with one attached hydrogen (secondary N) is 1. The van der Waals surface area contributed by atoms with Crippen molar-refractivity contribution >= 4 is 40.9 Å². The molecule has 0 saturated heterocycles. The molecule has 33 heavy (non-hydrogen) atoms. The number of benzene rings is 3. The number of amides is 1. The molecule has 0 aliphatic heterocycles. The van der Waals surface area contributed by atoms with Gasteiger partial charge in [0.05, 0.1) is 11.7 Å². The van der Waals surface area contributed by atoms with Crippen molar-refractivity contribution in [1.82, 2.24) is 20.1 Å². The Labute approximate surface area is 207 Å². The lowest BCUT2D eigenvalue weighted by atomic mass is 10.1. The molecule has 1 heterocycles. The van der Waals surface area contributed by atoms with Gasteiger partial charge in [-0.3, -0.25) is 9.36 Å². The topological polar surface area (TPSA) is 59.8 Å². The van der Waals surface area contributed by atoms with Crippen molar-refractivity contribution in [3.63, 3.8) is 0 Å². The Hall–Kier alpha value is -2.80. The summed E-state index contributed by atoms with van der Waals surface area (Å²) in [4.78, 5) is 12.8. The molecule has 0 saturated carbocycles. The van der Waals surface area contributed by atoms with Crippen LogP contribution in [-0.2, 0) is 5.75 Å². The Morgan fingerprint density at radius 2 is 1.70 bits per heavy atom. The number of aryl methyl sites for hydroxylation is 1. The van der Waals surface area contributed by atoms with Crippen LogP contribution in [0.4, 0.5) is 0 Å². The molecule has 3 aromatic carbocycles. The van der Waals surface area contributed by atoms with Crippen molar-refractivity contribution < 1.29 is 4.79 Å². The van der Waals surface area contributed by atoms with E-state index in [0.717, 1.165) is 22.2 Å². The van der Waals surface area contributed by atoms with Gasteiger partial charge in [0.1, 0.15) is 0 Å². The first kappa shape index (κ1) is 23.4. The van der Waals surface area contributed by atoms with Crippen LogP contribution in [0.1, 0.15) is 40.3 Å². The number of aromatic nitrogens is 3. The third kappa shape index (κ3) is 5.58. The van der Waals surface area contributed by atoms with E-state index in [0.29, 0.717) is 21.4 Å². The summed E-state index contributed by atoms with van der Waals surface area (Å²) in [6.07, 6.45) is 0. The predicted molar refractivity (Wildman–Crippen MR) is 134 cm³/mol. The molecule has 4 rings (SSSR count). The minimum absolute atomic E-state index is 0.213. The highest BCUT2D eigenvalue weighted by molar-refractivity contribution is 7.98. The fourth-order valence-corrected chi connectivity index (χ4v) is 4.57. The summed E-state index contributed by atoms with van der Waals surface area (Å²) in [7, 11) is 0. The highest BCUT2D eigenvalue weighted by Crippen LogP contribution is 2.30. The molecule has 0 fully saturated rings. The number of halogens is 2. The summed E-state index contributed by atoms with van der Waals surface area (Å²) in [5.41, 5.74) is 3.62. The van der Waals surface area contributed by atoms with Crippen molar-refractivity contribution in [2.75, 3.05) is 0 Å². The van der Waals surface area contributed by atoms with Crippen LogP contribution in [0.2, 0.25) is 10.0 Å². The molecule has 8 heteroatoms. The van der Waals surface area contributed by atoms with E-state index in [9.17, 15) is 4.79 Å². The van der Waals surface area contributed by atoms with Gasteiger partial charge in [0.25, 0.3) is 5.91 Å². The van der Waals surface area contributed by atoms with E-state index >= 15 is 0 Å². The zero-order valence-electron chi connectivity index (χ0n) is 18.1. The summed E-state index contributed by atoms with van der Waals surface area (Å²) < 4.78 is 1.97. The highest BCUT2D eigenvalue weighted by atomic mass is 35.5. The Kier molecular flexibility index (Phi) is 7.38. The quantitative estimate of drug-likeness (QED) is 0.290. The molecule has 1 unspecified atom stereocenters. The van der Waals surface area contributed by atoms with Gasteiger partial charge >= 0.3 is 0 Å². The number of carbonyl (C=O) groups is 1. The summed E-state index contributed by atoms with van der Waals surface area (Å²) in [6.45, 7) is 3.90. The van der Waals surface area contributed by atoms with Crippen molar-refractivity contribution in [2.24, 2.45) is 0 Å². The van der Waals surface area contributed by atoms with Crippen LogP contribution in [0.3, 0.4) is 0 Å². The van der Waals surface area contributed by atoms with Gasteiger partial charge < -0.3 is 5.32 Å². The Morgan fingerprint density at radius 3 is 2.42 bits per heavy atom. The Balaban J connectivity index is 1.66. The normalized spacial score (nSPS) is 11.9. The van der Waals surface area contributed by atoms with Crippen LogP contribution in [-0.4, -0.2) is 20.7 Å². The second kappa shape index (κ2) is 10.4. The molecular weight excluding hydrogens is 475 g/mol. The van der Waals surface area contributed by atoms with E-state index in [1.807, 2.05) is 54.8 Å². The summed E-state index contributed by atoms with van der Waals surface area (Å²) >= 11 is 13.9. The maximum absolute atomic E-state index is 12.8. The number of hydrogen-bond donors (Lipinski definition) is 1. The first-order valence-electron chi connectivity index (χ1n) is 10.4. The second-order valence-electron chi connectivity index (χ2n) is 7.58. The molecule has 168 valence electrons. The van der Waals surface area contributed by atoms with Crippen LogP contribution in [0.5, 0.6) is 0 Å². The lowest BCUT2D eigenvalue weighted by Crippen LogP contribution is -2.28. The van der Waals surface area contributed by atoms with E-state index in [2.05, 4.69) is 27.6 Å². The standard InChI is InChI=1S/C25H22Cl2N4OS/c1-16-8-11-21(27)14-22(16)31-23(17(2)28-24(32)19-9-12-20(26)13-10-19)29-30-25(31)33-15-18-6-4-3-5-7-18/h3-14,17H,15H2,1-2H3,(H,28,32). The lowest BCUT2D eigenvalue weighted by molar-refractivity contribution is 0.0938. The average Bonchev–Trinajstić information content (AvgIpc) is 3.24. The van der Waals surface area contributed by atoms with Crippen LogP contribution in [0.25, 0.3) is 5.69 Å². The summed E-state index contributed by atoms with van der Waals surface area (Å²) in [5, 5.41) is 13.8. The molecular formula is C25H22Cl2N4OS. The summed E-state index contributed by atoms with van der Waals surface area (Å²) in [6, 6.07) is 22.3. The van der Waals surface area contributed by atoms with E-state index in [-0.39, 0.29) is 5.91 Å². The molecule has 0 aliphatic carbocycles. The predicted octanol–water partition coefficient (Wildman–Crippen LogP) is 6.67. The molecule has 4 aromatic rings. The minimum Gasteiger partial charge on any atom is -0.342 e. The van der Waals surface area contributed by atoms with Gasteiger partial charge in [-0.25, -0.2) is 0 Å². The van der Waals surface area contributed by atoms with Crippen LogP contribution < -0.4 is 5.32 Å². The van der Waals surface area contributed by atoms with Gasteiger partial charge in [0, 0.05) is 21.4 Å². The van der Waals surface area contributed by atoms with Crippen LogP contribution in [0.15, 0.2) is 78.0 Å². The monoisotopic (exact) mass is 496 g/mol. The van der Waals surface area contributed by atoms with Crippen molar-refractivity contribution in [3.8, 4) is 5.69 Å². The van der Waals surface area contributed by atoms with Crippen molar-refractivity contribution in [3.05, 3.63) is 105 Å². The molecule has 5 nitrogen and oxygen atoms in total. The van der Waals surface area contributed by atoms with Crippen molar-refractivity contribution in [1.29, 1.82) is 0 Å². The zero-order valence-corrected chi connectivity index (χ0v) is 20.5. The summed E-state index contributed by atoms with van der Waals surface area (Å²) in [5.74, 6) is 1.15. The third-order valence-electron chi connectivity index (χ3n) is 5.12. The van der Waals surface area contributed by atoms with Crippen LogP contribution in [0, 0.1) is 6.92 Å². The highest BCUT2D eigenvalue weighted by Gasteiger charge is 2.22. The minimum atomic E-state index is -0.398. The van der Waals surface area contributed by atoms with Crippen LogP contribution >= 0.6 is 35.0 Å². The third-order valence-corrected chi connectivity index (χ3v) is 6.61. The molecule has 0 aliphatic rings. The first-order valence-corrected chi connectivity index (χ1v) is 12.1. The molecule has 1 amide bonds. The average molecular weight is 497 g/mol. The van der Waals surface area contributed by atoms with Crippen molar-refractivity contribution in [2.45, 2.75) is 30.8 Å². The smallest absolute Gasteiger partial charge is 0.251 e. The Bertz CT molecular complexity index is 1260. The van der Waals surface area contributed by atoms with E-state index in [1.54, 1.807) is 36.0 Å². The fourth-order valence-electron chi connectivity index (χ4n) is 3.37. The van der Waals surface area contributed by atoms with Gasteiger partial charge in [-0.1, -0.05) is 71.4 Å². The van der Waals surface area contributed by atoms with Gasteiger partial charge in [0.15, 0.2) is 11.0 Å². The number of carbonyl (C=O) groups excluding carboxylic acids is 1. The molecule has 0 spiro atoms. The molecule has 1 atom stereocenters. The SMILES string of the molecule is Cc1ccc(Cl)cc1-n1c(SCc2ccccc2)nnc1C(C)NC(=O)c1ccc(Cl)cc1. The lowest BCUT2D eigenvalue weighted by Gasteiger charge is -2.18. The van der Waals surface area contributed by atoms with Gasteiger partial charge in [-0.15, -0.1) is 10.2 Å². The number of thioether (sulfide) groups is 1. The largest absolute Gasteiger partial charge is 0.342 e. The molecule has 1 N–H and O–H groups in total. The number of hydrogen-bond acceptors (Lipinski definition) is 4. The fraction of sp³-hybridized carbons (Fsp3) is 0.160. The maximum Gasteiger partial charge on any atom is 0.251 e. The van der Waals surface area contributed by atoms with Gasteiger partial charge in [-0.2, -0.15) is 0 Å². The molecule has 1 aromatic heterocycles.